The van der Waals surface area contributed by atoms with Crippen LogP contribution in [0.5, 0.6) is 0 Å². The zero-order chi connectivity index (χ0) is 21.4. The van der Waals surface area contributed by atoms with Crippen molar-refractivity contribution < 1.29 is 9.53 Å². The maximum Gasteiger partial charge on any atom is 0.407 e. The Morgan fingerprint density at radius 3 is 2.84 bits per heavy atom. The summed E-state index contributed by atoms with van der Waals surface area (Å²) in [5.74, 6) is 1.41. The number of ether oxygens (including phenoxy) is 1. The van der Waals surface area contributed by atoms with Crippen molar-refractivity contribution in [2.75, 3.05) is 29.5 Å². The normalized spacial score (nSPS) is 19.2. The van der Waals surface area contributed by atoms with Gasteiger partial charge in [0.2, 0.25) is 5.95 Å². The first-order valence-electron chi connectivity index (χ1n) is 10.7. The Bertz CT molecular complexity index is 1110. The molecule has 1 saturated carbocycles. The van der Waals surface area contributed by atoms with Crippen LogP contribution in [0, 0.1) is 0 Å². The molecule has 1 aromatic carbocycles. The van der Waals surface area contributed by atoms with Gasteiger partial charge < -0.3 is 26.4 Å². The fourth-order valence-corrected chi connectivity index (χ4v) is 4.11. The van der Waals surface area contributed by atoms with Crippen LogP contribution in [0.2, 0.25) is 0 Å². The van der Waals surface area contributed by atoms with Crippen molar-refractivity contribution in [3.05, 3.63) is 24.3 Å². The molecule has 0 radical (unpaired) electrons. The topological polar surface area (TPSA) is 148 Å². The predicted octanol–water partition coefficient (Wildman–Crippen LogP) is 2.43. The second kappa shape index (κ2) is 7.93. The molecule has 1 unspecified atom stereocenters. The number of anilines is 3. The number of hydrogen-bond donors (Lipinski definition) is 4. The highest BCUT2D eigenvalue weighted by Crippen LogP contribution is 2.28. The van der Waals surface area contributed by atoms with E-state index in [1.807, 2.05) is 24.3 Å². The minimum Gasteiger partial charge on any atom is -0.446 e. The molecule has 2 aromatic heterocycles. The Labute approximate surface area is 179 Å². The molecule has 1 aliphatic carbocycles. The van der Waals surface area contributed by atoms with Crippen LogP contribution in [0.4, 0.5) is 22.4 Å². The predicted molar refractivity (Wildman–Crippen MR) is 118 cm³/mol. The standard InChI is InChI=1S/C21H26N8O2/c22-19-15-7-6-12(9-17(15)27-28-19)16-10-18(26-20(23)25-16)29-8-2-3-13(11-29)24-21(30)31-14-4-1-5-14/h6-7,9-10,13-14H,1-5,8,11H2,(H,24,30)(H3,22,27,28)(H2,23,25,26). The highest BCUT2D eigenvalue weighted by molar-refractivity contribution is 5.91. The lowest BCUT2D eigenvalue weighted by atomic mass is 9.96. The summed E-state index contributed by atoms with van der Waals surface area (Å²) in [6.45, 7) is 1.48. The number of alkyl carbamates (subject to hydrolysis) is 1. The minimum atomic E-state index is -0.327. The molecule has 1 aliphatic heterocycles. The number of aromatic nitrogens is 4. The Kier molecular flexibility index (Phi) is 4.97. The van der Waals surface area contributed by atoms with E-state index in [4.69, 9.17) is 16.2 Å². The second-order valence-corrected chi connectivity index (χ2v) is 8.23. The third kappa shape index (κ3) is 4.05. The summed E-state index contributed by atoms with van der Waals surface area (Å²) in [7, 11) is 0. The van der Waals surface area contributed by atoms with Crippen molar-refractivity contribution in [3.8, 4) is 11.3 Å². The molecule has 1 amide bonds. The van der Waals surface area contributed by atoms with Gasteiger partial charge in [-0.2, -0.15) is 10.1 Å². The van der Waals surface area contributed by atoms with E-state index in [0.29, 0.717) is 12.4 Å². The van der Waals surface area contributed by atoms with Gasteiger partial charge in [0.15, 0.2) is 5.82 Å². The second-order valence-electron chi connectivity index (χ2n) is 8.23. The Morgan fingerprint density at radius 2 is 2.03 bits per heavy atom. The fourth-order valence-electron chi connectivity index (χ4n) is 4.11. The lowest BCUT2D eigenvalue weighted by molar-refractivity contribution is 0.0500. The van der Waals surface area contributed by atoms with Crippen molar-refractivity contribution in [2.24, 2.45) is 0 Å². The summed E-state index contributed by atoms with van der Waals surface area (Å²) in [6, 6.07) is 7.73. The fraction of sp³-hybridized carbons (Fsp3) is 0.429. The van der Waals surface area contributed by atoms with Gasteiger partial charge in [-0.1, -0.05) is 6.07 Å². The molecular weight excluding hydrogens is 396 g/mol. The molecule has 2 fully saturated rings. The molecule has 10 nitrogen and oxygen atoms in total. The zero-order valence-corrected chi connectivity index (χ0v) is 17.2. The summed E-state index contributed by atoms with van der Waals surface area (Å²) in [4.78, 5) is 23.1. The molecule has 6 N–H and O–H groups in total. The first kappa shape index (κ1) is 19.4. The van der Waals surface area contributed by atoms with Gasteiger partial charge >= 0.3 is 6.09 Å². The number of nitrogen functional groups attached to an aromatic ring is 2. The molecule has 162 valence electrons. The van der Waals surface area contributed by atoms with Crippen molar-refractivity contribution in [1.29, 1.82) is 0 Å². The maximum atomic E-state index is 12.1. The molecule has 3 heterocycles. The minimum absolute atomic E-state index is 0.00489. The van der Waals surface area contributed by atoms with Gasteiger partial charge in [-0.25, -0.2) is 9.78 Å². The summed E-state index contributed by atoms with van der Waals surface area (Å²) in [5.41, 5.74) is 14.3. The number of rotatable bonds is 4. The smallest absolute Gasteiger partial charge is 0.407 e. The number of carbonyl (C=O) groups is 1. The molecule has 0 bridgehead atoms. The summed E-state index contributed by atoms with van der Waals surface area (Å²) >= 11 is 0. The van der Waals surface area contributed by atoms with E-state index >= 15 is 0 Å². The lowest BCUT2D eigenvalue weighted by Gasteiger charge is -2.34. The van der Waals surface area contributed by atoms with Crippen molar-refractivity contribution in [3.63, 3.8) is 0 Å². The van der Waals surface area contributed by atoms with Crippen LogP contribution in [0.15, 0.2) is 24.3 Å². The Hall–Kier alpha value is -3.56. The summed E-state index contributed by atoms with van der Waals surface area (Å²) in [5, 5.41) is 10.8. The van der Waals surface area contributed by atoms with Gasteiger partial charge in [0, 0.05) is 36.1 Å². The average Bonchev–Trinajstić information content (AvgIpc) is 3.11. The van der Waals surface area contributed by atoms with Gasteiger partial charge in [0.25, 0.3) is 0 Å². The number of nitrogens with two attached hydrogens (primary N) is 2. The van der Waals surface area contributed by atoms with Gasteiger partial charge in [-0.3, -0.25) is 5.10 Å². The van der Waals surface area contributed by atoms with Crippen molar-refractivity contribution >= 4 is 34.6 Å². The Balaban J connectivity index is 1.33. The van der Waals surface area contributed by atoms with E-state index in [2.05, 4.69) is 30.4 Å². The van der Waals surface area contributed by atoms with Gasteiger partial charge in [0.1, 0.15) is 11.9 Å². The van der Waals surface area contributed by atoms with E-state index in [-0.39, 0.29) is 24.2 Å². The van der Waals surface area contributed by atoms with Gasteiger partial charge in [0.05, 0.1) is 11.2 Å². The van der Waals surface area contributed by atoms with E-state index in [1.54, 1.807) is 0 Å². The lowest BCUT2D eigenvalue weighted by Crippen LogP contribution is -2.49. The van der Waals surface area contributed by atoms with E-state index < -0.39 is 0 Å². The van der Waals surface area contributed by atoms with Gasteiger partial charge in [-0.15, -0.1) is 0 Å². The monoisotopic (exact) mass is 422 g/mol. The highest BCUT2D eigenvalue weighted by atomic mass is 16.6. The van der Waals surface area contributed by atoms with Crippen LogP contribution in [-0.2, 0) is 4.74 Å². The quantitative estimate of drug-likeness (QED) is 0.501. The first-order chi connectivity index (χ1) is 15.0. The zero-order valence-electron chi connectivity index (χ0n) is 17.2. The van der Waals surface area contributed by atoms with Crippen molar-refractivity contribution in [1.82, 2.24) is 25.5 Å². The summed E-state index contributed by atoms with van der Waals surface area (Å²) < 4.78 is 5.43. The van der Waals surface area contributed by atoms with Crippen LogP contribution >= 0.6 is 0 Å². The summed E-state index contributed by atoms with van der Waals surface area (Å²) in [6.07, 6.45) is 4.65. The maximum absolute atomic E-state index is 12.1. The number of aromatic amines is 1. The SMILES string of the molecule is Nc1nc(-c2ccc3c(N)n[nH]c3c2)cc(N2CCCC(NC(=O)OC3CCC3)C2)n1. The number of hydrogen-bond acceptors (Lipinski definition) is 8. The Morgan fingerprint density at radius 1 is 1.16 bits per heavy atom. The highest BCUT2D eigenvalue weighted by Gasteiger charge is 2.26. The van der Waals surface area contributed by atoms with Crippen LogP contribution in [0.3, 0.4) is 0 Å². The number of fused-ring (bicyclic) bond motifs is 1. The van der Waals surface area contributed by atoms with Crippen LogP contribution in [0.25, 0.3) is 22.2 Å². The average molecular weight is 422 g/mol. The van der Waals surface area contributed by atoms with E-state index in [9.17, 15) is 4.79 Å². The van der Waals surface area contributed by atoms with E-state index in [1.165, 1.54) is 0 Å². The molecule has 0 spiro atoms. The third-order valence-corrected chi connectivity index (χ3v) is 6.01. The van der Waals surface area contributed by atoms with Crippen LogP contribution in [-0.4, -0.2) is 51.5 Å². The number of piperidine rings is 1. The third-order valence-electron chi connectivity index (χ3n) is 6.01. The number of nitrogens with zero attached hydrogens (tertiary/aromatic N) is 4. The number of nitrogens with one attached hydrogen (secondary N) is 2. The largest absolute Gasteiger partial charge is 0.446 e. The van der Waals surface area contributed by atoms with Crippen LogP contribution < -0.4 is 21.7 Å². The molecule has 1 atom stereocenters. The van der Waals surface area contributed by atoms with Crippen LogP contribution in [0.1, 0.15) is 32.1 Å². The number of benzene rings is 1. The molecule has 2 aliphatic rings. The molecule has 31 heavy (non-hydrogen) atoms. The van der Waals surface area contributed by atoms with E-state index in [0.717, 1.165) is 66.6 Å². The molecular formula is C21H26N8O2. The number of carbonyl (C=O) groups excluding carboxylic acids is 1. The van der Waals surface area contributed by atoms with Gasteiger partial charge in [-0.05, 0) is 44.2 Å². The molecule has 3 aromatic rings. The molecule has 5 rings (SSSR count). The molecule has 10 heteroatoms. The number of H-pyrrole nitrogens is 1. The number of amides is 1. The van der Waals surface area contributed by atoms with Crippen molar-refractivity contribution in [2.45, 2.75) is 44.2 Å². The molecule has 1 saturated heterocycles. The first-order valence-corrected chi connectivity index (χ1v) is 10.7.